The van der Waals surface area contributed by atoms with Crippen molar-refractivity contribution in [2.45, 2.75) is 57.4 Å². The van der Waals surface area contributed by atoms with Crippen molar-refractivity contribution >= 4 is 5.91 Å². The Balaban J connectivity index is 1.58. The van der Waals surface area contributed by atoms with E-state index >= 15 is 0 Å². The van der Waals surface area contributed by atoms with Crippen LogP contribution in [0.25, 0.3) is 0 Å². The van der Waals surface area contributed by atoms with Gasteiger partial charge in [-0.1, -0.05) is 12.8 Å². The van der Waals surface area contributed by atoms with Crippen molar-refractivity contribution < 1.29 is 4.79 Å². The number of rotatable bonds is 3. The first-order chi connectivity index (χ1) is 10.3. The van der Waals surface area contributed by atoms with Gasteiger partial charge in [0.1, 0.15) is 0 Å². The molecule has 4 heteroatoms. The van der Waals surface area contributed by atoms with E-state index in [9.17, 15) is 4.79 Å². The number of carbonyl (C=O) groups excluding carboxylic acids is 1. The zero-order chi connectivity index (χ0) is 14.7. The van der Waals surface area contributed by atoms with Gasteiger partial charge in [0, 0.05) is 31.6 Å². The highest BCUT2D eigenvalue weighted by molar-refractivity contribution is 5.79. The van der Waals surface area contributed by atoms with Crippen molar-refractivity contribution in [1.82, 2.24) is 9.80 Å². The van der Waals surface area contributed by atoms with Crippen molar-refractivity contribution in [1.29, 1.82) is 0 Å². The van der Waals surface area contributed by atoms with E-state index in [0.29, 0.717) is 17.9 Å². The van der Waals surface area contributed by atoms with Gasteiger partial charge in [0.25, 0.3) is 0 Å². The molecule has 2 saturated heterocycles. The van der Waals surface area contributed by atoms with Crippen LogP contribution in [0, 0.1) is 11.8 Å². The molecule has 2 heterocycles. The van der Waals surface area contributed by atoms with Crippen molar-refractivity contribution in [2.75, 3.05) is 32.7 Å². The summed E-state index contributed by atoms with van der Waals surface area (Å²) in [7, 11) is 0. The molecular weight excluding hydrogens is 262 g/mol. The molecule has 0 aromatic carbocycles. The first-order valence-corrected chi connectivity index (χ1v) is 9.01. The number of carbonyl (C=O) groups is 1. The molecular formula is C17H31N3O. The fourth-order valence-electron chi connectivity index (χ4n) is 4.68. The van der Waals surface area contributed by atoms with Crippen molar-refractivity contribution in [3.63, 3.8) is 0 Å². The van der Waals surface area contributed by atoms with Gasteiger partial charge in [-0.05, 0) is 57.5 Å². The Morgan fingerprint density at radius 3 is 2.76 bits per heavy atom. The minimum Gasteiger partial charge on any atom is -0.341 e. The Kier molecular flexibility index (Phi) is 5.17. The molecule has 3 unspecified atom stereocenters. The van der Waals surface area contributed by atoms with Crippen LogP contribution < -0.4 is 5.73 Å². The second-order valence-corrected chi connectivity index (χ2v) is 7.28. The predicted molar refractivity (Wildman–Crippen MR) is 84.9 cm³/mol. The molecule has 3 atom stereocenters. The van der Waals surface area contributed by atoms with Crippen LogP contribution in [-0.2, 0) is 4.79 Å². The van der Waals surface area contributed by atoms with Crippen LogP contribution in [0.3, 0.4) is 0 Å². The summed E-state index contributed by atoms with van der Waals surface area (Å²) in [5.74, 6) is 1.42. The summed E-state index contributed by atoms with van der Waals surface area (Å²) in [4.78, 5) is 17.7. The van der Waals surface area contributed by atoms with Crippen molar-refractivity contribution in [2.24, 2.45) is 17.6 Å². The molecule has 4 nitrogen and oxygen atoms in total. The number of amides is 1. The van der Waals surface area contributed by atoms with Gasteiger partial charge >= 0.3 is 0 Å². The van der Waals surface area contributed by atoms with Crippen LogP contribution >= 0.6 is 0 Å². The smallest absolute Gasteiger partial charge is 0.225 e. The third-order valence-corrected chi connectivity index (χ3v) is 5.82. The maximum Gasteiger partial charge on any atom is 0.225 e. The van der Waals surface area contributed by atoms with E-state index in [1.54, 1.807) is 0 Å². The Hall–Kier alpha value is -0.610. The number of nitrogens with two attached hydrogens (primary N) is 1. The van der Waals surface area contributed by atoms with Crippen LogP contribution in [0.1, 0.15) is 51.4 Å². The largest absolute Gasteiger partial charge is 0.341 e. The molecule has 0 spiro atoms. The number of nitrogens with zero attached hydrogens (tertiary/aromatic N) is 2. The van der Waals surface area contributed by atoms with Crippen LogP contribution in [0.4, 0.5) is 0 Å². The Morgan fingerprint density at radius 1 is 1.05 bits per heavy atom. The van der Waals surface area contributed by atoms with E-state index in [2.05, 4.69) is 9.80 Å². The third-order valence-electron chi connectivity index (χ3n) is 5.82. The molecule has 2 N–H and O–H groups in total. The van der Waals surface area contributed by atoms with E-state index in [0.717, 1.165) is 45.3 Å². The summed E-state index contributed by atoms with van der Waals surface area (Å²) in [6.07, 6.45) is 9.52. The molecule has 1 aliphatic carbocycles. The van der Waals surface area contributed by atoms with Gasteiger partial charge in [0.05, 0.1) is 0 Å². The summed E-state index contributed by atoms with van der Waals surface area (Å²) >= 11 is 0. The highest BCUT2D eigenvalue weighted by Crippen LogP contribution is 2.33. The van der Waals surface area contributed by atoms with E-state index < -0.39 is 0 Å². The van der Waals surface area contributed by atoms with E-state index in [1.807, 2.05) is 0 Å². The molecule has 1 saturated carbocycles. The van der Waals surface area contributed by atoms with Crippen molar-refractivity contribution in [3.05, 3.63) is 0 Å². The lowest BCUT2D eigenvalue weighted by Gasteiger charge is -2.33. The fraction of sp³-hybridized carbons (Fsp3) is 0.941. The van der Waals surface area contributed by atoms with E-state index in [-0.39, 0.29) is 5.92 Å². The lowest BCUT2D eigenvalue weighted by Crippen LogP contribution is -2.43. The number of fused-ring (bicyclic) bond motifs is 1. The average Bonchev–Trinajstić information content (AvgIpc) is 2.84. The Labute approximate surface area is 129 Å². The van der Waals surface area contributed by atoms with Gasteiger partial charge in [0.2, 0.25) is 5.91 Å². The summed E-state index contributed by atoms with van der Waals surface area (Å²) in [5.41, 5.74) is 5.70. The normalized spacial score (nSPS) is 34.5. The van der Waals surface area contributed by atoms with Gasteiger partial charge in [-0.15, -0.1) is 0 Å². The summed E-state index contributed by atoms with van der Waals surface area (Å²) in [5, 5.41) is 0. The summed E-state index contributed by atoms with van der Waals surface area (Å²) in [6.45, 7) is 5.16. The first kappa shape index (κ1) is 15.3. The van der Waals surface area contributed by atoms with Crippen LogP contribution in [0.5, 0.6) is 0 Å². The number of hydrogen-bond acceptors (Lipinski definition) is 3. The highest BCUT2D eigenvalue weighted by atomic mass is 16.2. The Bertz CT molecular complexity index is 358. The molecule has 0 aromatic heterocycles. The van der Waals surface area contributed by atoms with E-state index in [1.165, 1.54) is 38.8 Å². The lowest BCUT2D eigenvalue weighted by atomic mass is 9.79. The van der Waals surface area contributed by atoms with Crippen LogP contribution in [0.15, 0.2) is 0 Å². The maximum atomic E-state index is 12.9. The van der Waals surface area contributed by atoms with Crippen LogP contribution in [0.2, 0.25) is 0 Å². The monoisotopic (exact) mass is 293 g/mol. The SMILES string of the molecule is NCCC1CCCC(C(=O)N2CCCN3CCCC3C2)C1. The average molecular weight is 293 g/mol. The summed E-state index contributed by atoms with van der Waals surface area (Å²) in [6, 6.07) is 0.639. The minimum atomic E-state index is 0.281. The Morgan fingerprint density at radius 2 is 1.90 bits per heavy atom. The zero-order valence-electron chi connectivity index (χ0n) is 13.3. The topological polar surface area (TPSA) is 49.6 Å². The first-order valence-electron chi connectivity index (χ1n) is 9.01. The quantitative estimate of drug-likeness (QED) is 0.864. The molecule has 3 fully saturated rings. The molecule has 3 rings (SSSR count). The minimum absolute atomic E-state index is 0.281. The molecule has 0 radical (unpaired) electrons. The van der Waals surface area contributed by atoms with E-state index in [4.69, 9.17) is 5.73 Å². The lowest BCUT2D eigenvalue weighted by molar-refractivity contribution is -0.137. The van der Waals surface area contributed by atoms with Gasteiger partial charge < -0.3 is 10.6 Å². The molecule has 21 heavy (non-hydrogen) atoms. The maximum absolute atomic E-state index is 12.9. The fourth-order valence-corrected chi connectivity index (χ4v) is 4.68. The third kappa shape index (κ3) is 3.59. The van der Waals surface area contributed by atoms with Gasteiger partial charge in [-0.2, -0.15) is 0 Å². The van der Waals surface area contributed by atoms with Gasteiger partial charge in [0.15, 0.2) is 0 Å². The predicted octanol–water partition coefficient (Wildman–Crippen LogP) is 1.84. The molecule has 120 valence electrons. The highest BCUT2D eigenvalue weighted by Gasteiger charge is 2.34. The second kappa shape index (κ2) is 7.10. The van der Waals surface area contributed by atoms with Gasteiger partial charge in [-0.25, -0.2) is 0 Å². The van der Waals surface area contributed by atoms with Crippen molar-refractivity contribution in [3.8, 4) is 0 Å². The molecule has 0 aromatic rings. The van der Waals surface area contributed by atoms with Crippen LogP contribution in [-0.4, -0.2) is 54.5 Å². The second-order valence-electron chi connectivity index (χ2n) is 7.28. The molecule has 1 amide bonds. The molecule has 2 aliphatic heterocycles. The standard InChI is InChI=1S/C17H31N3O/c18-8-7-14-4-1-5-15(12-14)17(21)20-11-3-10-19-9-2-6-16(19)13-20/h14-16H,1-13,18H2. The molecule has 0 bridgehead atoms. The summed E-state index contributed by atoms with van der Waals surface area (Å²) < 4.78 is 0. The zero-order valence-corrected chi connectivity index (χ0v) is 13.3. The number of hydrogen-bond donors (Lipinski definition) is 1. The molecule has 3 aliphatic rings. The van der Waals surface area contributed by atoms with Gasteiger partial charge in [-0.3, -0.25) is 9.69 Å².